The number of nitrogens with one attached hydrogen (secondary N) is 1. The Morgan fingerprint density at radius 2 is 2.08 bits per heavy atom. The Hall–Kier alpha value is -3.28. The predicted molar refractivity (Wildman–Crippen MR) is 93.2 cm³/mol. The summed E-state index contributed by atoms with van der Waals surface area (Å²) in [4.78, 5) is 19.8. The van der Waals surface area contributed by atoms with Crippen LogP contribution in [0.15, 0.2) is 51.7 Å². The molecule has 4 aromatic rings. The van der Waals surface area contributed by atoms with Crippen molar-refractivity contribution >= 4 is 27.8 Å². The van der Waals surface area contributed by atoms with Crippen molar-refractivity contribution in [3.8, 4) is 17.1 Å². The van der Waals surface area contributed by atoms with Gasteiger partial charge in [0.15, 0.2) is 0 Å². The first kappa shape index (κ1) is 14.3. The van der Waals surface area contributed by atoms with Crippen molar-refractivity contribution in [3.05, 3.63) is 52.8 Å². The molecule has 0 unspecified atom stereocenters. The van der Waals surface area contributed by atoms with Gasteiger partial charge in [0.25, 0.3) is 5.56 Å². The number of aromatic nitrogens is 2. The van der Waals surface area contributed by atoms with E-state index in [0.29, 0.717) is 40.5 Å². The molecule has 120 valence electrons. The molecule has 24 heavy (non-hydrogen) atoms. The molecule has 2 aromatic heterocycles. The number of hydrogen-bond donors (Lipinski definition) is 2. The fraction of sp³-hybridized carbons (Fsp3) is 0.111. The van der Waals surface area contributed by atoms with Crippen LogP contribution in [0, 0.1) is 0 Å². The van der Waals surface area contributed by atoms with E-state index in [2.05, 4.69) is 9.97 Å². The summed E-state index contributed by atoms with van der Waals surface area (Å²) in [5.41, 5.74) is 8.11. The van der Waals surface area contributed by atoms with Crippen molar-refractivity contribution in [1.82, 2.24) is 9.97 Å². The second kappa shape index (κ2) is 5.42. The number of ether oxygens (including phenoxy) is 1. The SMILES string of the molecule is CCOc1ccc(N)cc1-c1nc2c(oc3ccccc32)c(=O)[nH]1. The molecule has 0 atom stereocenters. The van der Waals surface area contributed by atoms with E-state index < -0.39 is 0 Å². The maximum Gasteiger partial charge on any atom is 0.294 e. The fourth-order valence-corrected chi connectivity index (χ4v) is 2.74. The molecule has 0 spiro atoms. The summed E-state index contributed by atoms with van der Waals surface area (Å²) in [5.74, 6) is 1.01. The Morgan fingerprint density at radius 3 is 2.92 bits per heavy atom. The first-order valence-electron chi connectivity index (χ1n) is 7.61. The number of nitrogens with two attached hydrogens (primary N) is 1. The Kier molecular flexibility index (Phi) is 3.23. The Bertz CT molecular complexity index is 1110. The van der Waals surface area contributed by atoms with E-state index >= 15 is 0 Å². The normalized spacial score (nSPS) is 11.2. The molecule has 0 bridgehead atoms. The third-order valence-electron chi connectivity index (χ3n) is 3.79. The number of rotatable bonds is 3. The largest absolute Gasteiger partial charge is 0.493 e. The summed E-state index contributed by atoms with van der Waals surface area (Å²) < 4.78 is 11.2. The van der Waals surface area contributed by atoms with Gasteiger partial charge in [0.2, 0.25) is 5.58 Å². The number of para-hydroxylation sites is 1. The summed E-state index contributed by atoms with van der Waals surface area (Å²) in [5, 5.41) is 0.793. The number of fused-ring (bicyclic) bond motifs is 3. The summed E-state index contributed by atoms with van der Waals surface area (Å²) in [6.07, 6.45) is 0. The van der Waals surface area contributed by atoms with Gasteiger partial charge < -0.3 is 19.9 Å². The highest BCUT2D eigenvalue weighted by molar-refractivity contribution is 6.02. The van der Waals surface area contributed by atoms with Crippen molar-refractivity contribution in [2.45, 2.75) is 6.92 Å². The minimum atomic E-state index is -0.337. The fourth-order valence-electron chi connectivity index (χ4n) is 2.74. The molecule has 0 fully saturated rings. The van der Waals surface area contributed by atoms with E-state index in [1.165, 1.54) is 0 Å². The lowest BCUT2D eigenvalue weighted by Crippen LogP contribution is -2.09. The van der Waals surface area contributed by atoms with Gasteiger partial charge >= 0.3 is 0 Å². The minimum absolute atomic E-state index is 0.210. The first-order valence-corrected chi connectivity index (χ1v) is 7.61. The van der Waals surface area contributed by atoms with Crippen molar-refractivity contribution in [2.75, 3.05) is 12.3 Å². The van der Waals surface area contributed by atoms with Gasteiger partial charge in [-0.15, -0.1) is 0 Å². The van der Waals surface area contributed by atoms with Crippen LogP contribution in [0.3, 0.4) is 0 Å². The number of aromatic amines is 1. The number of benzene rings is 2. The summed E-state index contributed by atoms with van der Waals surface area (Å²) in [6, 6.07) is 12.7. The van der Waals surface area contributed by atoms with Crippen LogP contribution in [0.25, 0.3) is 33.5 Å². The lowest BCUT2D eigenvalue weighted by molar-refractivity contribution is 0.341. The van der Waals surface area contributed by atoms with Crippen LogP contribution in [-0.2, 0) is 0 Å². The quantitative estimate of drug-likeness (QED) is 0.565. The topological polar surface area (TPSA) is 94.1 Å². The number of hydrogen-bond acceptors (Lipinski definition) is 5. The van der Waals surface area contributed by atoms with Gasteiger partial charge in [0.1, 0.15) is 22.7 Å². The van der Waals surface area contributed by atoms with Crippen molar-refractivity contribution < 1.29 is 9.15 Å². The zero-order valence-corrected chi connectivity index (χ0v) is 13.0. The zero-order chi connectivity index (χ0) is 16.7. The van der Waals surface area contributed by atoms with Gasteiger partial charge in [-0.05, 0) is 37.3 Å². The van der Waals surface area contributed by atoms with Gasteiger partial charge in [0, 0.05) is 11.1 Å². The predicted octanol–water partition coefficient (Wildman–Crippen LogP) is 3.32. The highest BCUT2D eigenvalue weighted by Gasteiger charge is 2.16. The number of nitrogens with zero attached hydrogens (tertiary/aromatic N) is 1. The molecule has 0 radical (unpaired) electrons. The van der Waals surface area contributed by atoms with Crippen LogP contribution in [0.1, 0.15) is 6.92 Å². The van der Waals surface area contributed by atoms with Crippen molar-refractivity contribution in [3.63, 3.8) is 0 Å². The first-order chi connectivity index (χ1) is 11.7. The molecule has 0 amide bonds. The van der Waals surface area contributed by atoms with E-state index in [4.69, 9.17) is 14.9 Å². The average Bonchev–Trinajstić information content (AvgIpc) is 2.96. The van der Waals surface area contributed by atoms with Crippen LogP contribution in [0.5, 0.6) is 5.75 Å². The monoisotopic (exact) mass is 321 g/mol. The third-order valence-corrected chi connectivity index (χ3v) is 3.79. The maximum atomic E-state index is 12.4. The Labute approximate surface area is 136 Å². The third kappa shape index (κ3) is 2.20. The molecule has 3 N–H and O–H groups in total. The number of H-pyrrole nitrogens is 1. The highest BCUT2D eigenvalue weighted by atomic mass is 16.5. The van der Waals surface area contributed by atoms with Crippen molar-refractivity contribution in [1.29, 1.82) is 0 Å². The van der Waals surface area contributed by atoms with Gasteiger partial charge in [-0.25, -0.2) is 4.98 Å². The second-order valence-electron chi connectivity index (χ2n) is 5.38. The standard InChI is InChI=1S/C18H15N3O3/c1-2-23-13-8-7-10(19)9-12(13)17-20-15-11-5-3-4-6-14(11)24-16(15)18(22)21-17/h3-9H,2,19H2,1H3,(H,20,21,22). The summed E-state index contributed by atoms with van der Waals surface area (Å²) in [6.45, 7) is 2.39. The smallest absolute Gasteiger partial charge is 0.294 e. The Morgan fingerprint density at radius 1 is 1.25 bits per heavy atom. The molecule has 2 aromatic carbocycles. The van der Waals surface area contributed by atoms with E-state index in [9.17, 15) is 4.79 Å². The van der Waals surface area contributed by atoms with Gasteiger partial charge in [-0.1, -0.05) is 12.1 Å². The number of furan rings is 1. The molecular weight excluding hydrogens is 306 g/mol. The number of nitrogen functional groups attached to an aromatic ring is 1. The molecule has 0 aliphatic heterocycles. The van der Waals surface area contributed by atoms with Gasteiger partial charge in [-0.2, -0.15) is 0 Å². The van der Waals surface area contributed by atoms with Crippen LogP contribution in [0.4, 0.5) is 5.69 Å². The molecular formula is C18H15N3O3. The molecule has 4 rings (SSSR count). The van der Waals surface area contributed by atoms with Crippen LogP contribution in [0.2, 0.25) is 0 Å². The molecule has 6 heteroatoms. The van der Waals surface area contributed by atoms with E-state index in [-0.39, 0.29) is 11.1 Å². The lowest BCUT2D eigenvalue weighted by atomic mass is 10.1. The molecule has 0 saturated heterocycles. The molecule has 0 aliphatic carbocycles. The molecule has 0 saturated carbocycles. The molecule has 0 aliphatic rings. The van der Waals surface area contributed by atoms with E-state index in [0.717, 1.165) is 5.39 Å². The second-order valence-corrected chi connectivity index (χ2v) is 5.38. The zero-order valence-electron chi connectivity index (χ0n) is 13.0. The Balaban J connectivity index is 2.03. The molecule has 2 heterocycles. The van der Waals surface area contributed by atoms with E-state index in [1.54, 1.807) is 18.2 Å². The van der Waals surface area contributed by atoms with Crippen LogP contribution < -0.4 is 16.0 Å². The molecule has 6 nitrogen and oxygen atoms in total. The summed E-state index contributed by atoms with van der Waals surface area (Å²) in [7, 11) is 0. The van der Waals surface area contributed by atoms with Crippen LogP contribution >= 0.6 is 0 Å². The average molecular weight is 321 g/mol. The van der Waals surface area contributed by atoms with Gasteiger partial charge in [-0.3, -0.25) is 4.79 Å². The maximum absolute atomic E-state index is 12.4. The minimum Gasteiger partial charge on any atom is -0.493 e. The highest BCUT2D eigenvalue weighted by Crippen LogP contribution is 2.31. The van der Waals surface area contributed by atoms with E-state index in [1.807, 2.05) is 31.2 Å². The van der Waals surface area contributed by atoms with Gasteiger partial charge in [0.05, 0.1) is 12.2 Å². The lowest BCUT2D eigenvalue weighted by Gasteiger charge is -2.10. The number of anilines is 1. The van der Waals surface area contributed by atoms with Crippen LogP contribution in [-0.4, -0.2) is 16.6 Å². The summed E-state index contributed by atoms with van der Waals surface area (Å²) >= 11 is 0. The van der Waals surface area contributed by atoms with Crippen molar-refractivity contribution in [2.24, 2.45) is 0 Å².